The third-order valence-electron chi connectivity index (χ3n) is 7.68. The van der Waals surface area contributed by atoms with Crippen molar-refractivity contribution in [2.45, 2.75) is 32.2 Å². The number of hydrogen-bond donors (Lipinski definition) is 1. The molecule has 0 unspecified atom stereocenters. The smallest absolute Gasteiger partial charge is 0.223 e. The first kappa shape index (κ1) is 25.1. The van der Waals surface area contributed by atoms with Gasteiger partial charge < -0.3 is 29.0 Å². The summed E-state index contributed by atoms with van der Waals surface area (Å²) in [6.45, 7) is 3.15. The summed E-state index contributed by atoms with van der Waals surface area (Å²) < 4.78 is 21.8. The van der Waals surface area contributed by atoms with E-state index in [4.69, 9.17) is 18.7 Å². The van der Waals surface area contributed by atoms with Gasteiger partial charge in [0.1, 0.15) is 5.75 Å². The van der Waals surface area contributed by atoms with Gasteiger partial charge in [0, 0.05) is 31.1 Å². The molecule has 0 saturated carbocycles. The fourth-order valence-corrected chi connectivity index (χ4v) is 5.50. The number of nitrogens with zero attached hydrogens (tertiary/aromatic N) is 2. The molecule has 1 fully saturated rings. The third kappa shape index (κ3) is 5.59. The zero-order valence-electron chi connectivity index (χ0n) is 21.8. The summed E-state index contributed by atoms with van der Waals surface area (Å²) in [6.07, 6.45) is 3.14. The summed E-state index contributed by atoms with van der Waals surface area (Å²) in [7, 11) is 4.94. The number of benzene rings is 2. The van der Waals surface area contributed by atoms with Crippen molar-refractivity contribution >= 4 is 5.91 Å². The molecular weight excluding hydrogens is 470 g/mol. The minimum absolute atomic E-state index is 0.219. The van der Waals surface area contributed by atoms with E-state index in [-0.39, 0.29) is 5.91 Å². The number of rotatable bonds is 8. The van der Waals surface area contributed by atoms with Gasteiger partial charge in [-0.25, -0.2) is 0 Å². The van der Waals surface area contributed by atoms with Gasteiger partial charge in [-0.05, 0) is 91.7 Å². The van der Waals surface area contributed by atoms with Crippen LogP contribution in [0.4, 0.5) is 0 Å². The summed E-state index contributed by atoms with van der Waals surface area (Å²) in [5.41, 5.74) is 4.24. The summed E-state index contributed by atoms with van der Waals surface area (Å²) in [5, 5.41) is 7.84. The van der Waals surface area contributed by atoms with E-state index in [1.165, 1.54) is 5.56 Å². The molecule has 2 aliphatic heterocycles. The minimum atomic E-state index is 0.219. The number of amides is 1. The van der Waals surface area contributed by atoms with E-state index in [1.807, 2.05) is 47.4 Å². The molecule has 8 nitrogen and oxygen atoms in total. The van der Waals surface area contributed by atoms with E-state index in [2.05, 4.69) is 10.5 Å². The van der Waals surface area contributed by atoms with Gasteiger partial charge in [-0.3, -0.25) is 4.79 Å². The molecule has 0 spiro atoms. The molecule has 0 bridgehead atoms. The first-order valence-electron chi connectivity index (χ1n) is 12.9. The number of methoxy groups -OCH3 is 3. The molecule has 3 aromatic rings. The Bertz CT molecular complexity index is 1220. The first-order valence-corrected chi connectivity index (χ1v) is 12.9. The van der Waals surface area contributed by atoms with Crippen LogP contribution in [-0.4, -0.2) is 56.9 Å². The number of piperidine rings is 1. The molecule has 2 aromatic carbocycles. The van der Waals surface area contributed by atoms with Crippen LogP contribution in [0, 0.1) is 11.8 Å². The van der Waals surface area contributed by atoms with Crippen molar-refractivity contribution in [3.63, 3.8) is 0 Å². The normalized spacial score (nSPS) is 19.3. The van der Waals surface area contributed by atoms with Crippen molar-refractivity contribution in [2.24, 2.45) is 11.8 Å². The monoisotopic (exact) mass is 505 g/mol. The molecule has 2 atom stereocenters. The van der Waals surface area contributed by atoms with E-state index in [0.29, 0.717) is 30.6 Å². The van der Waals surface area contributed by atoms with E-state index >= 15 is 0 Å². The fourth-order valence-electron chi connectivity index (χ4n) is 5.50. The second kappa shape index (κ2) is 11.3. The predicted octanol–water partition coefficient (Wildman–Crippen LogP) is 4.11. The molecule has 0 radical (unpaired) electrons. The average Bonchev–Trinajstić information content (AvgIpc) is 3.41. The van der Waals surface area contributed by atoms with Crippen molar-refractivity contribution < 1.29 is 23.5 Å². The van der Waals surface area contributed by atoms with Gasteiger partial charge in [-0.15, -0.1) is 0 Å². The van der Waals surface area contributed by atoms with Gasteiger partial charge in [0.05, 0.1) is 27.0 Å². The predicted molar refractivity (Wildman–Crippen MR) is 140 cm³/mol. The summed E-state index contributed by atoms with van der Waals surface area (Å²) in [4.78, 5) is 15.4. The number of hydrogen-bond acceptors (Lipinski definition) is 7. The lowest BCUT2D eigenvalue weighted by Crippen LogP contribution is -2.42. The maximum atomic E-state index is 13.4. The molecule has 37 heavy (non-hydrogen) atoms. The van der Waals surface area contributed by atoms with E-state index in [9.17, 15) is 4.79 Å². The standard InChI is InChI=1S/C29H35N3O5/c1-34-25-6-4-19(5-7-25)26-16-24(31-37-26)12-22-17-30-10-8-20(22)15-29(33)32-11-9-21-13-27(35-2)28(36-3)14-23(21)18-32/h4-7,13-14,16,20,22,30H,8-12,15,17-18H2,1-3H3/t20-,22-/m0/s1. The molecule has 8 heteroatoms. The Hall–Kier alpha value is -3.52. The van der Waals surface area contributed by atoms with Crippen LogP contribution < -0.4 is 19.5 Å². The van der Waals surface area contributed by atoms with Gasteiger partial charge in [0.25, 0.3) is 0 Å². The van der Waals surface area contributed by atoms with Gasteiger partial charge in [0.15, 0.2) is 17.3 Å². The van der Waals surface area contributed by atoms with Gasteiger partial charge in [-0.1, -0.05) is 5.16 Å². The van der Waals surface area contributed by atoms with Crippen LogP contribution in [0.3, 0.4) is 0 Å². The van der Waals surface area contributed by atoms with Crippen LogP contribution in [0.15, 0.2) is 47.0 Å². The van der Waals surface area contributed by atoms with Crippen LogP contribution in [-0.2, 0) is 24.2 Å². The van der Waals surface area contributed by atoms with E-state index in [1.54, 1.807) is 21.3 Å². The number of carbonyl (C=O) groups excluding carboxylic acids is 1. The highest BCUT2D eigenvalue weighted by Crippen LogP contribution is 2.34. The zero-order valence-corrected chi connectivity index (χ0v) is 21.8. The minimum Gasteiger partial charge on any atom is -0.497 e. The molecule has 5 rings (SSSR count). The van der Waals surface area contributed by atoms with Crippen LogP contribution in [0.25, 0.3) is 11.3 Å². The van der Waals surface area contributed by atoms with Gasteiger partial charge >= 0.3 is 0 Å². The molecule has 0 aliphatic carbocycles. The second-order valence-electron chi connectivity index (χ2n) is 9.87. The highest BCUT2D eigenvalue weighted by atomic mass is 16.5. The second-order valence-corrected chi connectivity index (χ2v) is 9.87. The van der Waals surface area contributed by atoms with E-state index < -0.39 is 0 Å². The van der Waals surface area contributed by atoms with Crippen molar-refractivity contribution in [3.05, 3.63) is 59.3 Å². The van der Waals surface area contributed by atoms with Crippen molar-refractivity contribution in [3.8, 4) is 28.6 Å². The Balaban J connectivity index is 1.23. The molecular formula is C29H35N3O5. The Morgan fingerprint density at radius 2 is 1.78 bits per heavy atom. The van der Waals surface area contributed by atoms with E-state index in [0.717, 1.165) is 73.0 Å². The highest BCUT2D eigenvalue weighted by Gasteiger charge is 2.31. The number of ether oxygens (including phenoxy) is 3. The quantitative estimate of drug-likeness (QED) is 0.493. The molecule has 2 aliphatic rings. The van der Waals surface area contributed by atoms with Crippen LogP contribution >= 0.6 is 0 Å². The Morgan fingerprint density at radius 3 is 2.51 bits per heavy atom. The van der Waals surface area contributed by atoms with Crippen molar-refractivity contribution in [1.29, 1.82) is 0 Å². The highest BCUT2D eigenvalue weighted by molar-refractivity contribution is 5.77. The molecule has 3 heterocycles. The average molecular weight is 506 g/mol. The molecule has 196 valence electrons. The first-order chi connectivity index (χ1) is 18.1. The zero-order chi connectivity index (χ0) is 25.8. The van der Waals surface area contributed by atoms with Crippen LogP contribution in [0.1, 0.15) is 29.7 Å². The number of aromatic nitrogens is 1. The summed E-state index contributed by atoms with van der Waals surface area (Å²) in [6, 6.07) is 13.8. The summed E-state index contributed by atoms with van der Waals surface area (Å²) >= 11 is 0. The Kier molecular flexibility index (Phi) is 7.65. The van der Waals surface area contributed by atoms with Crippen molar-refractivity contribution in [2.75, 3.05) is 41.0 Å². The van der Waals surface area contributed by atoms with Gasteiger partial charge in [0.2, 0.25) is 5.91 Å². The Labute approximate surface area is 217 Å². The number of fused-ring (bicyclic) bond motifs is 1. The molecule has 1 saturated heterocycles. The maximum absolute atomic E-state index is 13.4. The largest absolute Gasteiger partial charge is 0.497 e. The number of nitrogens with one attached hydrogen (secondary N) is 1. The summed E-state index contributed by atoms with van der Waals surface area (Å²) in [5.74, 6) is 3.84. The molecule has 1 amide bonds. The number of carbonyl (C=O) groups is 1. The topological polar surface area (TPSA) is 86.1 Å². The SMILES string of the molecule is COc1ccc(-c2cc(C[C@H]3CNCC[C@H]3CC(=O)N3CCc4cc(OC)c(OC)cc4C3)no2)cc1. The lowest BCUT2D eigenvalue weighted by atomic mass is 9.80. The lowest BCUT2D eigenvalue weighted by molar-refractivity contribution is -0.133. The molecule has 1 N–H and O–H groups in total. The fraction of sp³-hybridized carbons (Fsp3) is 0.448. The van der Waals surface area contributed by atoms with Gasteiger partial charge in [-0.2, -0.15) is 0 Å². The molecule has 1 aromatic heterocycles. The maximum Gasteiger partial charge on any atom is 0.223 e. The van der Waals surface area contributed by atoms with Crippen molar-refractivity contribution in [1.82, 2.24) is 15.4 Å². The van der Waals surface area contributed by atoms with Crippen LogP contribution in [0.2, 0.25) is 0 Å². The van der Waals surface area contributed by atoms with Crippen LogP contribution in [0.5, 0.6) is 17.2 Å². The lowest BCUT2D eigenvalue weighted by Gasteiger charge is -2.35. The third-order valence-corrected chi connectivity index (χ3v) is 7.68. The Morgan fingerprint density at radius 1 is 1.03 bits per heavy atom.